The Kier molecular flexibility index (Phi) is 5.26. The van der Waals surface area contributed by atoms with Crippen molar-refractivity contribution in [1.29, 1.82) is 0 Å². The average molecular weight is 277 g/mol. The summed E-state index contributed by atoms with van der Waals surface area (Å²) in [5.74, 6) is 0.672. The molecule has 2 unspecified atom stereocenters. The molecule has 112 valence electrons. The molecule has 1 heterocycles. The number of rotatable bonds is 5. The predicted molar refractivity (Wildman–Crippen MR) is 85.5 cm³/mol. The number of nitrogens with zero attached hydrogens (tertiary/aromatic N) is 2. The Morgan fingerprint density at radius 1 is 1.35 bits per heavy atom. The number of likely N-dealkylation sites (tertiary alicyclic amines) is 1. The van der Waals surface area contributed by atoms with Gasteiger partial charge in [0, 0.05) is 37.6 Å². The van der Waals surface area contributed by atoms with E-state index in [1.165, 1.54) is 18.7 Å². The van der Waals surface area contributed by atoms with Gasteiger partial charge in [-0.1, -0.05) is 6.92 Å². The van der Waals surface area contributed by atoms with Crippen molar-refractivity contribution in [3.8, 4) is 0 Å². The summed E-state index contributed by atoms with van der Waals surface area (Å²) in [7, 11) is 4.19. The zero-order chi connectivity index (χ0) is 14.5. The highest BCUT2D eigenvalue weighted by Crippen LogP contribution is 2.22. The van der Waals surface area contributed by atoms with Gasteiger partial charge >= 0.3 is 0 Å². The summed E-state index contributed by atoms with van der Waals surface area (Å²) in [6.07, 6.45) is 1.20. The first-order valence-corrected chi connectivity index (χ1v) is 7.47. The van der Waals surface area contributed by atoms with Crippen LogP contribution >= 0.6 is 0 Å². The van der Waals surface area contributed by atoms with E-state index < -0.39 is 0 Å². The molecule has 0 aromatic heterocycles. The minimum Gasteiger partial charge on any atom is -0.395 e. The van der Waals surface area contributed by atoms with Crippen LogP contribution in [0.25, 0.3) is 0 Å². The first-order chi connectivity index (χ1) is 9.60. The van der Waals surface area contributed by atoms with Gasteiger partial charge in [-0.25, -0.2) is 0 Å². The number of aliphatic hydroxyl groups excluding tert-OH is 1. The summed E-state index contributed by atoms with van der Waals surface area (Å²) in [6, 6.07) is 9.05. The van der Waals surface area contributed by atoms with Crippen LogP contribution in [0.5, 0.6) is 0 Å². The van der Waals surface area contributed by atoms with Gasteiger partial charge < -0.3 is 20.2 Å². The van der Waals surface area contributed by atoms with E-state index in [1.54, 1.807) is 0 Å². The van der Waals surface area contributed by atoms with Crippen LogP contribution in [0.1, 0.15) is 13.3 Å². The Morgan fingerprint density at radius 3 is 2.65 bits per heavy atom. The SMILES string of the molecule is CC1CN(C)CCC1Nc1ccc(N(C)CCO)cc1. The molecular formula is C16H27N3O. The second kappa shape index (κ2) is 6.95. The lowest BCUT2D eigenvalue weighted by Crippen LogP contribution is -2.43. The molecule has 1 aromatic rings. The van der Waals surface area contributed by atoms with E-state index in [0.717, 1.165) is 12.2 Å². The van der Waals surface area contributed by atoms with E-state index in [0.29, 0.717) is 18.5 Å². The van der Waals surface area contributed by atoms with Crippen molar-refractivity contribution in [2.45, 2.75) is 19.4 Å². The molecule has 1 fully saturated rings. The molecule has 4 nitrogen and oxygen atoms in total. The fourth-order valence-corrected chi connectivity index (χ4v) is 2.87. The van der Waals surface area contributed by atoms with Crippen molar-refractivity contribution in [3.63, 3.8) is 0 Å². The van der Waals surface area contributed by atoms with Gasteiger partial charge in [-0.15, -0.1) is 0 Å². The standard InChI is InChI=1S/C16H27N3O/c1-13-12-18(2)9-8-16(13)17-14-4-6-15(7-5-14)19(3)10-11-20/h4-7,13,16-17,20H,8-12H2,1-3H3. The molecule has 1 aromatic carbocycles. The second-order valence-electron chi connectivity index (χ2n) is 5.97. The number of nitrogens with one attached hydrogen (secondary N) is 1. The van der Waals surface area contributed by atoms with Crippen molar-refractivity contribution in [2.75, 3.05) is 50.6 Å². The molecule has 4 heteroatoms. The van der Waals surface area contributed by atoms with Gasteiger partial charge in [0.05, 0.1) is 6.61 Å². The maximum atomic E-state index is 8.96. The van der Waals surface area contributed by atoms with Crippen molar-refractivity contribution in [2.24, 2.45) is 5.92 Å². The van der Waals surface area contributed by atoms with Crippen molar-refractivity contribution in [3.05, 3.63) is 24.3 Å². The summed E-state index contributed by atoms with van der Waals surface area (Å²) in [5, 5.41) is 12.6. The third-order valence-electron chi connectivity index (χ3n) is 4.20. The first-order valence-electron chi connectivity index (χ1n) is 7.47. The van der Waals surface area contributed by atoms with Gasteiger partial charge in [0.25, 0.3) is 0 Å². The van der Waals surface area contributed by atoms with Crippen LogP contribution in [0.2, 0.25) is 0 Å². The summed E-state index contributed by atoms with van der Waals surface area (Å²) < 4.78 is 0. The topological polar surface area (TPSA) is 38.7 Å². The van der Waals surface area contributed by atoms with Gasteiger partial charge in [0.15, 0.2) is 0 Å². The highest BCUT2D eigenvalue weighted by atomic mass is 16.3. The molecule has 1 aliphatic heterocycles. The average Bonchev–Trinajstić information content (AvgIpc) is 2.43. The fraction of sp³-hybridized carbons (Fsp3) is 0.625. The Bertz CT molecular complexity index is 407. The highest BCUT2D eigenvalue weighted by Gasteiger charge is 2.23. The van der Waals surface area contributed by atoms with Gasteiger partial charge in [-0.05, 0) is 50.2 Å². The van der Waals surface area contributed by atoms with Gasteiger partial charge in [-0.3, -0.25) is 0 Å². The molecule has 2 rings (SSSR count). The molecule has 2 N–H and O–H groups in total. The molecule has 2 atom stereocenters. The van der Waals surface area contributed by atoms with Gasteiger partial charge in [0.1, 0.15) is 0 Å². The Balaban J connectivity index is 1.93. The number of aliphatic hydroxyl groups is 1. The van der Waals surface area contributed by atoms with E-state index in [9.17, 15) is 0 Å². The number of hydrogen-bond acceptors (Lipinski definition) is 4. The summed E-state index contributed by atoms with van der Waals surface area (Å²) in [6.45, 7) is 5.49. The lowest BCUT2D eigenvalue weighted by atomic mass is 9.94. The third-order valence-corrected chi connectivity index (χ3v) is 4.20. The van der Waals surface area contributed by atoms with Crippen LogP contribution in [-0.4, -0.2) is 56.4 Å². The van der Waals surface area contributed by atoms with Crippen LogP contribution < -0.4 is 10.2 Å². The Morgan fingerprint density at radius 2 is 2.05 bits per heavy atom. The maximum Gasteiger partial charge on any atom is 0.0606 e. The molecule has 0 spiro atoms. The zero-order valence-corrected chi connectivity index (χ0v) is 12.8. The third kappa shape index (κ3) is 3.87. The van der Waals surface area contributed by atoms with E-state index >= 15 is 0 Å². The summed E-state index contributed by atoms with van der Waals surface area (Å²) >= 11 is 0. The minimum absolute atomic E-state index is 0.184. The summed E-state index contributed by atoms with van der Waals surface area (Å²) in [5.41, 5.74) is 2.33. The molecular weight excluding hydrogens is 250 g/mol. The maximum absolute atomic E-state index is 8.96. The fourth-order valence-electron chi connectivity index (χ4n) is 2.87. The molecule has 0 saturated carbocycles. The quantitative estimate of drug-likeness (QED) is 0.862. The normalized spacial score (nSPS) is 23.6. The number of benzene rings is 1. The number of anilines is 2. The van der Waals surface area contributed by atoms with E-state index in [2.05, 4.69) is 53.4 Å². The Hall–Kier alpha value is -1.26. The first kappa shape index (κ1) is 15.1. The molecule has 1 aliphatic rings. The second-order valence-corrected chi connectivity index (χ2v) is 5.97. The molecule has 0 aliphatic carbocycles. The van der Waals surface area contributed by atoms with Crippen molar-refractivity contribution >= 4 is 11.4 Å². The molecule has 0 bridgehead atoms. The molecule has 20 heavy (non-hydrogen) atoms. The van der Waals surface area contributed by atoms with Gasteiger partial charge in [0.2, 0.25) is 0 Å². The van der Waals surface area contributed by atoms with E-state index in [1.807, 2.05) is 7.05 Å². The van der Waals surface area contributed by atoms with Crippen LogP contribution in [-0.2, 0) is 0 Å². The molecule has 0 radical (unpaired) electrons. The molecule has 0 amide bonds. The van der Waals surface area contributed by atoms with Crippen molar-refractivity contribution in [1.82, 2.24) is 4.90 Å². The molecule has 1 saturated heterocycles. The van der Waals surface area contributed by atoms with E-state index in [4.69, 9.17) is 5.11 Å². The van der Waals surface area contributed by atoms with Crippen molar-refractivity contribution < 1.29 is 5.11 Å². The summed E-state index contributed by atoms with van der Waals surface area (Å²) in [4.78, 5) is 4.46. The highest BCUT2D eigenvalue weighted by molar-refractivity contribution is 5.55. The zero-order valence-electron chi connectivity index (χ0n) is 12.8. The largest absolute Gasteiger partial charge is 0.395 e. The minimum atomic E-state index is 0.184. The van der Waals surface area contributed by atoms with Crippen LogP contribution in [0.3, 0.4) is 0 Å². The number of hydrogen-bond donors (Lipinski definition) is 2. The number of piperidine rings is 1. The van der Waals surface area contributed by atoms with Crippen LogP contribution in [0, 0.1) is 5.92 Å². The van der Waals surface area contributed by atoms with Crippen LogP contribution in [0.4, 0.5) is 11.4 Å². The predicted octanol–water partition coefficient (Wildman–Crippen LogP) is 1.87. The lowest BCUT2D eigenvalue weighted by Gasteiger charge is -2.35. The van der Waals surface area contributed by atoms with Gasteiger partial charge in [-0.2, -0.15) is 0 Å². The lowest BCUT2D eigenvalue weighted by molar-refractivity contribution is 0.206. The monoisotopic (exact) mass is 277 g/mol. The smallest absolute Gasteiger partial charge is 0.0606 e. The van der Waals surface area contributed by atoms with Crippen LogP contribution in [0.15, 0.2) is 24.3 Å². The number of likely N-dealkylation sites (N-methyl/N-ethyl adjacent to an activating group) is 1. The Labute approximate surface area is 122 Å². The van der Waals surface area contributed by atoms with E-state index in [-0.39, 0.29) is 6.61 Å².